The Morgan fingerprint density at radius 1 is 1.04 bits per heavy atom. The van der Waals surface area contributed by atoms with Gasteiger partial charge in [0.05, 0.1) is 6.42 Å². The summed E-state index contributed by atoms with van der Waals surface area (Å²) in [6.07, 6.45) is -4.72. The molecule has 7 heteroatoms. The number of carbonyl (C=O) groups excluding carboxylic acids is 2. The largest absolute Gasteiger partial charge is 0.471 e. The summed E-state index contributed by atoms with van der Waals surface area (Å²) in [5.41, 5.74) is 2.91. The molecule has 138 valence electrons. The van der Waals surface area contributed by atoms with Crippen LogP contribution in [0.25, 0.3) is 0 Å². The molecule has 0 radical (unpaired) electrons. The fraction of sp³-hybridized carbons (Fsp3) is 0.263. The topological polar surface area (TPSA) is 49.4 Å². The molecule has 0 saturated carbocycles. The Balaban J connectivity index is 1.99. The fourth-order valence-corrected chi connectivity index (χ4v) is 2.41. The number of carbonyl (C=O) groups is 2. The average Bonchev–Trinajstić information content (AvgIpc) is 2.55. The van der Waals surface area contributed by atoms with Crippen LogP contribution in [-0.4, -0.2) is 29.9 Å². The molecule has 2 aromatic carbocycles. The van der Waals surface area contributed by atoms with Crippen molar-refractivity contribution in [2.75, 3.05) is 12.4 Å². The van der Waals surface area contributed by atoms with Crippen molar-refractivity contribution in [3.8, 4) is 0 Å². The summed E-state index contributed by atoms with van der Waals surface area (Å²) in [6, 6.07) is 14.0. The SMILES string of the molecule is Cc1ccc(CC(=O)Nc2cccc(CN(C)C(=O)C(F)(F)F)c2)cc1. The van der Waals surface area contributed by atoms with Crippen LogP contribution >= 0.6 is 0 Å². The van der Waals surface area contributed by atoms with Gasteiger partial charge in [0, 0.05) is 19.3 Å². The van der Waals surface area contributed by atoms with Crippen molar-refractivity contribution in [2.24, 2.45) is 0 Å². The lowest BCUT2D eigenvalue weighted by molar-refractivity contribution is -0.184. The Hall–Kier alpha value is -2.83. The van der Waals surface area contributed by atoms with Gasteiger partial charge in [0.2, 0.25) is 5.91 Å². The zero-order valence-electron chi connectivity index (χ0n) is 14.4. The average molecular weight is 364 g/mol. The van der Waals surface area contributed by atoms with E-state index in [9.17, 15) is 22.8 Å². The fourth-order valence-electron chi connectivity index (χ4n) is 2.41. The maximum atomic E-state index is 12.4. The van der Waals surface area contributed by atoms with Crippen molar-refractivity contribution in [1.82, 2.24) is 4.90 Å². The van der Waals surface area contributed by atoms with E-state index in [-0.39, 0.29) is 18.9 Å². The molecule has 0 aliphatic rings. The van der Waals surface area contributed by atoms with Crippen LogP contribution in [0.1, 0.15) is 16.7 Å². The maximum Gasteiger partial charge on any atom is 0.471 e. The molecule has 0 bridgehead atoms. The Bertz CT molecular complexity index is 786. The minimum Gasteiger partial charge on any atom is -0.334 e. The van der Waals surface area contributed by atoms with E-state index in [0.717, 1.165) is 18.2 Å². The van der Waals surface area contributed by atoms with Crippen molar-refractivity contribution >= 4 is 17.5 Å². The van der Waals surface area contributed by atoms with E-state index in [1.807, 2.05) is 31.2 Å². The zero-order chi connectivity index (χ0) is 19.3. The zero-order valence-corrected chi connectivity index (χ0v) is 14.4. The second-order valence-electron chi connectivity index (χ2n) is 6.07. The molecule has 0 spiro atoms. The molecule has 0 heterocycles. The lowest BCUT2D eigenvalue weighted by Crippen LogP contribution is -2.37. The van der Waals surface area contributed by atoms with E-state index in [4.69, 9.17) is 0 Å². The van der Waals surface area contributed by atoms with Gasteiger partial charge in [-0.25, -0.2) is 0 Å². The molecule has 1 N–H and O–H groups in total. The summed E-state index contributed by atoms with van der Waals surface area (Å²) in [5, 5.41) is 2.71. The third-order valence-electron chi connectivity index (χ3n) is 3.70. The first-order valence-electron chi connectivity index (χ1n) is 7.92. The standard InChI is InChI=1S/C19H19F3N2O2/c1-13-6-8-14(9-7-13)11-17(25)23-16-5-3-4-15(10-16)12-24(2)18(26)19(20,21)22/h3-10H,11-12H2,1-2H3,(H,23,25). The number of amides is 2. The number of rotatable bonds is 5. The number of benzene rings is 2. The number of hydrogen-bond donors (Lipinski definition) is 1. The first-order valence-corrected chi connectivity index (χ1v) is 7.92. The van der Waals surface area contributed by atoms with Crippen LogP contribution < -0.4 is 5.32 Å². The summed E-state index contributed by atoms with van der Waals surface area (Å²) < 4.78 is 37.3. The van der Waals surface area contributed by atoms with Crippen LogP contribution in [0.15, 0.2) is 48.5 Å². The van der Waals surface area contributed by atoms with Gasteiger partial charge in [0.1, 0.15) is 0 Å². The molecule has 2 amide bonds. The predicted octanol–water partition coefficient (Wildman–Crippen LogP) is 3.70. The van der Waals surface area contributed by atoms with Crippen LogP contribution in [0.3, 0.4) is 0 Å². The van der Waals surface area contributed by atoms with E-state index >= 15 is 0 Å². The molecule has 26 heavy (non-hydrogen) atoms. The second-order valence-corrected chi connectivity index (χ2v) is 6.07. The van der Waals surface area contributed by atoms with Gasteiger partial charge >= 0.3 is 12.1 Å². The number of hydrogen-bond acceptors (Lipinski definition) is 2. The second kappa shape index (κ2) is 8.03. The first kappa shape index (κ1) is 19.5. The number of aryl methyl sites for hydroxylation is 1. The van der Waals surface area contributed by atoms with E-state index in [0.29, 0.717) is 16.2 Å². The summed E-state index contributed by atoms with van der Waals surface area (Å²) >= 11 is 0. The molecule has 0 fully saturated rings. The van der Waals surface area contributed by atoms with Gasteiger partial charge in [-0.1, -0.05) is 42.0 Å². The van der Waals surface area contributed by atoms with Crippen LogP contribution in [0, 0.1) is 6.92 Å². The monoisotopic (exact) mass is 364 g/mol. The molecular weight excluding hydrogens is 345 g/mol. The lowest BCUT2D eigenvalue weighted by Gasteiger charge is -2.19. The van der Waals surface area contributed by atoms with Gasteiger partial charge in [0.15, 0.2) is 0 Å². The normalized spacial score (nSPS) is 11.1. The lowest BCUT2D eigenvalue weighted by atomic mass is 10.1. The smallest absolute Gasteiger partial charge is 0.334 e. The van der Waals surface area contributed by atoms with E-state index < -0.39 is 12.1 Å². The van der Waals surface area contributed by atoms with Crippen molar-refractivity contribution in [2.45, 2.75) is 26.1 Å². The van der Waals surface area contributed by atoms with E-state index in [2.05, 4.69) is 5.32 Å². The van der Waals surface area contributed by atoms with Gasteiger partial charge in [-0.05, 0) is 30.2 Å². The Kier molecular flexibility index (Phi) is 6.02. The van der Waals surface area contributed by atoms with Crippen LogP contribution in [-0.2, 0) is 22.6 Å². The number of alkyl halides is 3. The third-order valence-corrected chi connectivity index (χ3v) is 3.70. The van der Waals surface area contributed by atoms with E-state index in [1.165, 1.54) is 0 Å². The van der Waals surface area contributed by atoms with Crippen molar-refractivity contribution in [1.29, 1.82) is 0 Å². The van der Waals surface area contributed by atoms with Gasteiger partial charge < -0.3 is 10.2 Å². The quantitative estimate of drug-likeness (QED) is 0.880. The summed E-state index contributed by atoms with van der Waals surface area (Å²) in [6.45, 7) is 1.75. The van der Waals surface area contributed by atoms with Gasteiger partial charge in [-0.2, -0.15) is 13.2 Å². The highest BCUT2D eigenvalue weighted by Crippen LogP contribution is 2.20. The minimum absolute atomic E-state index is 0.191. The highest BCUT2D eigenvalue weighted by Gasteiger charge is 2.41. The van der Waals surface area contributed by atoms with Crippen molar-refractivity contribution in [3.05, 3.63) is 65.2 Å². The van der Waals surface area contributed by atoms with Gasteiger partial charge in [0.25, 0.3) is 0 Å². The first-order chi connectivity index (χ1) is 12.1. The van der Waals surface area contributed by atoms with Crippen LogP contribution in [0.2, 0.25) is 0 Å². The molecule has 2 rings (SSSR count). The van der Waals surface area contributed by atoms with E-state index in [1.54, 1.807) is 24.3 Å². The number of nitrogens with zero attached hydrogens (tertiary/aromatic N) is 1. The Morgan fingerprint density at radius 2 is 1.69 bits per heavy atom. The molecule has 0 unspecified atom stereocenters. The molecule has 0 aliphatic heterocycles. The third kappa shape index (κ3) is 5.61. The number of halogens is 3. The van der Waals surface area contributed by atoms with Gasteiger partial charge in [-0.15, -0.1) is 0 Å². The summed E-state index contributed by atoms with van der Waals surface area (Å²) in [4.78, 5) is 23.9. The summed E-state index contributed by atoms with van der Waals surface area (Å²) in [5.74, 6) is -2.14. The number of anilines is 1. The highest BCUT2D eigenvalue weighted by molar-refractivity contribution is 5.92. The molecule has 2 aromatic rings. The van der Waals surface area contributed by atoms with Crippen molar-refractivity contribution in [3.63, 3.8) is 0 Å². The Labute approximate surface area is 149 Å². The highest BCUT2D eigenvalue weighted by atomic mass is 19.4. The number of nitrogens with one attached hydrogen (secondary N) is 1. The van der Waals surface area contributed by atoms with Crippen LogP contribution in [0.5, 0.6) is 0 Å². The van der Waals surface area contributed by atoms with Gasteiger partial charge in [-0.3, -0.25) is 9.59 Å². The predicted molar refractivity (Wildman–Crippen MR) is 92.5 cm³/mol. The van der Waals surface area contributed by atoms with Crippen LogP contribution in [0.4, 0.5) is 18.9 Å². The summed E-state index contributed by atoms with van der Waals surface area (Å²) in [7, 11) is 1.08. The molecule has 0 atom stereocenters. The molecule has 0 aliphatic carbocycles. The maximum absolute atomic E-state index is 12.4. The molecule has 0 aromatic heterocycles. The molecule has 0 saturated heterocycles. The van der Waals surface area contributed by atoms with Crippen molar-refractivity contribution < 1.29 is 22.8 Å². The minimum atomic E-state index is -4.91. The molecular formula is C19H19F3N2O2. The Morgan fingerprint density at radius 3 is 2.31 bits per heavy atom. The molecule has 4 nitrogen and oxygen atoms in total.